The molecule has 2 fully saturated rings. The molecule has 2 unspecified atom stereocenters. The number of hydrogen-bond donors (Lipinski definition) is 2. The number of anilines is 1. The summed E-state index contributed by atoms with van der Waals surface area (Å²) in [6.45, 7) is 5.82. The fourth-order valence-corrected chi connectivity index (χ4v) is 4.15. The molecule has 9 heteroatoms. The highest BCUT2D eigenvalue weighted by Crippen LogP contribution is 2.35. The lowest BCUT2D eigenvalue weighted by Crippen LogP contribution is -2.40. The lowest BCUT2D eigenvalue weighted by atomic mass is 9.98. The molecule has 0 spiro atoms. The lowest BCUT2D eigenvalue weighted by Gasteiger charge is -2.23. The van der Waals surface area contributed by atoms with Gasteiger partial charge in [-0.1, -0.05) is 18.2 Å². The summed E-state index contributed by atoms with van der Waals surface area (Å²) in [6, 6.07) is 8.01. The van der Waals surface area contributed by atoms with Crippen LogP contribution in [0.5, 0.6) is 0 Å². The molecule has 2 heterocycles. The summed E-state index contributed by atoms with van der Waals surface area (Å²) >= 11 is 0.810. The largest absolute Gasteiger partial charge is 0.444 e. The van der Waals surface area contributed by atoms with Gasteiger partial charge in [0.1, 0.15) is 5.60 Å². The number of rotatable bonds is 5. The Balaban J connectivity index is 1.81. The van der Waals surface area contributed by atoms with Crippen LogP contribution in [0.1, 0.15) is 33.6 Å². The van der Waals surface area contributed by atoms with Gasteiger partial charge in [-0.3, -0.25) is 14.4 Å². The monoisotopic (exact) mass is 431 g/mol. The van der Waals surface area contributed by atoms with Crippen molar-refractivity contribution < 1.29 is 23.9 Å². The first-order valence-electron chi connectivity index (χ1n) is 9.74. The molecule has 0 radical (unpaired) electrons. The number of amides is 4. The lowest BCUT2D eigenvalue weighted by molar-refractivity contribution is -0.122. The van der Waals surface area contributed by atoms with Crippen molar-refractivity contribution in [2.75, 3.05) is 11.4 Å². The molecule has 0 saturated carbocycles. The first-order chi connectivity index (χ1) is 14.1. The van der Waals surface area contributed by atoms with Gasteiger partial charge in [-0.25, -0.2) is 9.69 Å². The molecular formula is C21H25N3O5S. The average Bonchev–Trinajstić information content (AvgIpc) is 3.16. The van der Waals surface area contributed by atoms with Crippen LogP contribution in [-0.2, 0) is 14.3 Å². The van der Waals surface area contributed by atoms with Crippen molar-refractivity contribution in [1.29, 1.82) is 0 Å². The number of alkyl carbamates (subject to hydrolysis) is 1. The number of hydrogen-bond acceptors (Lipinski definition) is 6. The molecule has 2 aliphatic rings. The minimum Gasteiger partial charge on any atom is -0.444 e. The van der Waals surface area contributed by atoms with E-state index in [1.165, 1.54) is 0 Å². The highest BCUT2D eigenvalue weighted by molar-refractivity contribution is 8.18. The number of ether oxygens (including phenoxy) is 1. The molecule has 2 aliphatic heterocycles. The zero-order chi connectivity index (χ0) is 21.9. The summed E-state index contributed by atoms with van der Waals surface area (Å²) < 4.78 is 5.31. The van der Waals surface area contributed by atoms with Crippen molar-refractivity contribution >= 4 is 40.6 Å². The van der Waals surface area contributed by atoms with Crippen molar-refractivity contribution in [1.82, 2.24) is 10.6 Å². The molecule has 8 nitrogen and oxygen atoms in total. The topological polar surface area (TPSA) is 105 Å². The molecule has 0 aliphatic carbocycles. The Morgan fingerprint density at radius 3 is 2.60 bits per heavy atom. The minimum atomic E-state index is -0.690. The highest BCUT2D eigenvalue weighted by Gasteiger charge is 2.37. The van der Waals surface area contributed by atoms with E-state index in [1.807, 2.05) is 0 Å². The molecule has 2 N–H and O–H groups in total. The summed E-state index contributed by atoms with van der Waals surface area (Å²) in [5.74, 6) is -0.830. The Morgan fingerprint density at radius 1 is 1.30 bits per heavy atom. The Hall–Kier alpha value is -2.81. The standard InChI is InChI=1S/C21H25N3O5S/c1-21(2,3)29-19(27)23-14(11-13-9-10-22-17(13)25)12-16-18(26)24(20(28)30-16)15-7-5-4-6-8-15/h4-8,12-14H,9-11H2,1-3H3,(H,22,25)(H,23,27). The zero-order valence-corrected chi connectivity index (χ0v) is 18.0. The number of carbonyl (C=O) groups excluding carboxylic acids is 4. The molecule has 30 heavy (non-hydrogen) atoms. The predicted molar refractivity (Wildman–Crippen MR) is 114 cm³/mol. The number of benzene rings is 1. The number of nitrogens with one attached hydrogen (secondary N) is 2. The van der Waals surface area contributed by atoms with Gasteiger partial charge in [0.25, 0.3) is 11.1 Å². The summed E-state index contributed by atoms with van der Waals surface area (Å²) in [5, 5.41) is 5.08. The Labute approximate surface area is 179 Å². The van der Waals surface area contributed by atoms with E-state index in [4.69, 9.17) is 4.74 Å². The first-order valence-corrected chi connectivity index (χ1v) is 10.6. The maximum absolute atomic E-state index is 12.9. The Kier molecular flexibility index (Phi) is 6.50. The summed E-state index contributed by atoms with van der Waals surface area (Å²) in [6.07, 6.45) is 1.85. The second-order valence-electron chi connectivity index (χ2n) is 8.14. The van der Waals surface area contributed by atoms with E-state index in [2.05, 4.69) is 10.6 Å². The maximum Gasteiger partial charge on any atom is 0.408 e. The van der Waals surface area contributed by atoms with E-state index in [0.717, 1.165) is 16.7 Å². The summed E-state index contributed by atoms with van der Waals surface area (Å²) in [7, 11) is 0. The molecule has 2 atom stereocenters. The van der Waals surface area contributed by atoms with Crippen LogP contribution >= 0.6 is 11.8 Å². The van der Waals surface area contributed by atoms with Gasteiger partial charge in [-0.15, -0.1) is 0 Å². The zero-order valence-electron chi connectivity index (χ0n) is 17.1. The third-order valence-corrected chi connectivity index (χ3v) is 5.45. The van der Waals surface area contributed by atoms with Crippen LogP contribution in [0.25, 0.3) is 0 Å². The molecule has 4 amide bonds. The second kappa shape index (κ2) is 8.91. The van der Waals surface area contributed by atoms with E-state index in [0.29, 0.717) is 25.1 Å². The van der Waals surface area contributed by atoms with E-state index >= 15 is 0 Å². The van der Waals surface area contributed by atoms with Crippen molar-refractivity contribution in [3.05, 3.63) is 41.3 Å². The Morgan fingerprint density at radius 2 is 2.00 bits per heavy atom. The normalized spacial score (nSPS) is 21.7. The van der Waals surface area contributed by atoms with Gasteiger partial charge >= 0.3 is 6.09 Å². The third-order valence-electron chi connectivity index (χ3n) is 4.56. The van der Waals surface area contributed by atoms with Crippen molar-refractivity contribution in [3.63, 3.8) is 0 Å². The molecule has 2 saturated heterocycles. The fraction of sp³-hybridized carbons (Fsp3) is 0.429. The highest BCUT2D eigenvalue weighted by atomic mass is 32.2. The van der Waals surface area contributed by atoms with Gasteiger partial charge in [0.15, 0.2) is 0 Å². The third kappa shape index (κ3) is 5.41. The number of imide groups is 1. The molecule has 1 aromatic rings. The summed E-state index contributed by atoms with van der Waals surface area (Å²) in [5.41, 5.74) is -0.208. The van der Waals surface area contributed by atoms with Gasteiger partial charge < -0.3 is 15.4 Å². The van der Waals surface area contributed by atoms with Crippen LogP contribution in [0.15, 0.2) is 41.3 Å². The molecule has 0 bridgehead atoms. The van der Waals surface area contributed by atoms with E-state index in [-0.39, 0.29) is 16.7 Å². The number of thioether (sulfide) groups is 1. The maximum atomic E-state index is 12.9. The molecule has 1 aromatic carbocycles. The van der Waals surface area contributed by atoms with Gasteiger partial charge in [0, 0.05) is 12.5 Å². The van der Waals surface area contributed by atoms with Crippen LogP contribution in [0.2, 0.25) is 0 Å². The second-order valence-corrected chi connectivity index (χ2v) is 9.13. The van der Waals surface area contributed by atoms with Crippen molar-refractivity contribution in [2.45, 2.75) is 45.3 Å². The number of para-hydroxylation sites is 1. The fourth-order valence-electron chi connectivity index (χ4n) is 3.27. The minimum absolute atomic E-state index is 0.0863. The number of carbonyl (C=O) groups is 4. The quantitative estimate of drug-likeness (QED) is 0.694. The Bertz CT molecular complexity index is 878. The van der Waals surface area contributed by atoms with E-state index in [9.17, 15) is 19.2 Å². The van der Waals surface area contributed by atoms with Crippen LogP contribution in [-0.4, -0.2) is 41.3 Å². The van der Waals surface area contributed by atoms with E-state index < -0.39 is 28.9 Å². The molecule has 160 valence electrons. The predicted octanol–water partition coefficient (Wildman–Crippen LogP) is 3.19. The van der Waals surface area contributed by atoms with Crippen molar-refractivity contribution in [3.8, 4) is 0 Å². The summed E-state index contributed by atoms with van der Waals surface area (Å²) in [4.78, 5) is 50.9. The molecule has 0 aromatic heterocycles. The van der Waals surface area contributed by atoms with Crippen LogP contribution in [0.3, 0.4) is 0 Å². The van der Waals surface area contributed by atoms with Gasteiger partial charge in [-0.2, -0.15) is 0 Å². The first kappa shape index (κ1) is 21.9. The number of nitrogens with zero attached hydrogens (tertiary/aromatic N) is 1. The average molecular weight is 432 g/mol. The molecule has 3 rings (SSSR count). The van der Waals surface area contributed by atoms with Crippen LogP contribution in [0, 0.1) is 5.92 Å². The van der Waals surface area contributed by atoms with Crippen LogP contribution < -0.4 is 15.5 Å². The van der Waals surface area contributed by atoms with Gasteiger partial charge in [0.05, 0.1) is 16.6 Å². The van der Waals surface area contributed by atoms with Crippen LogP contribution in [0.4, 0.5) is 15.3 Å². The smallest absolute Gasteiger partial charge is 0.408 e. The van der Waals surface area contributed by atoms with Crippen molar-refractivity contribution in [2.24, 2.45) is 5.92 Å². The molecular weight excluding hydrogens is 406 g/mol. The van der Waals surface area contributed by atoms with Gasteiger partial charge in [-0.05, 0) is 63.6 Å². The van der Waals surface area contributed by atoms with Gasteiger partial charge in [0.2, 0.25) is 5.91 Å². The SMILES string of the molecule is CC(C)(C)OC(=O)NC(C=C1SC(=O)N(c2ccccc2)C1=O)CC1CCNC1=O. The van der Waals surface area contributed by atoms with E-state index in [1.54, 1.807) is 57.2 Å².